The molecule has 4 heterocycles. The molecule has 36 heavy (non-hydrogen) atoms. The van der Waals surface area contributed by atoms with Crippen molar-refractivity contribution in [2.45, 2.75) is 69.7 Å². The van der Waals surface area contributed by atoms with Crippen LogP contribution in [0.4, 0.5) is 10.6 Å². The first-order valence-corrected chi connectivity index (χ1v) is 13.3. The number of urea groups is 1. The van der Waals surface area contributed by atoms with Crippen LogP contribution in [0, 0.1) is 5.92 Å². The van der Waals surface area contributed by atoms with Crippen molar-refractivity contribution in [3.05, 3.63) is 64.0 Å². The molecule has 3 fully saturated rings. The summed E-state index contributed by atoms with van der Waals surface area (Å²) in [5.74, 6) is 2.23. The van der Waals surface area contributed by atoms with Crippen LogP contribution in [0.3, 0.4) is 0 Å². The zero-order valence-corrected chi connectivity index (χ0v) is 21.5. The summed E-state index contributed by atoms with van der Waals surface area (Å²) < 4.78 is 12.3. The second kappa shape index (κ2) is 9.69. The van der Waals surface area contributed by atoms with E-state index in [1.54, 1.807) is 12.3 Å². The smallest absolute Gasteiger partial charge is 0.323 e. The van der Waals surface area contributed by atoms with Crippen molar-refractivity contribution in [1.29, 1.82) is 0 Å². The molecule has 1 saturated carbocycles. The lowest BCUT2D eigenvalue weighted by Gasteiger charge is -2.39. The number of hydrogen-bond donors (Lipinski definition) is 1. The van der Waals surface area contributed by atoms with Gasteiger partial charge in [0.25, 0.3) is 0 Å². The summed E-state index contributed by atoms with van der Waals surface area (Å²) >= 11 is 13.0. The molecule has 1 aromatic carbocycles. The second-order valence-electron chi connectivity index (χ2n) is 10.1. The third kappa shape index (κ3) is 4.49. The van der Waals surface area contributed by atoms with Gasteiger partial charge in [-0.25, -0.2) is 9.78 Å². The minimum Gasteiger partial charge on any atom is -0.373 e. The Hall–Kier alpha value is -2.61. The number of halogens is 2. The molecule has 3 aliphatic rings. The van der Waals surface area contributed by atoms with Gasteiger partial charge < -0.3 is 14.2 Å². The zero-order chi connectivity index (χ0) is 24.8. The summed E-state index contributed by atoms with van der Waals surface area (Å²) in [5, 5.41) is 8.41. The van der Waals surface area contributed by atoms with Crippen LogP contribution in [-0.2, 0) is 11.3 Å². The Morgan fingerprint density at radius 2 is 1.94 bits per heavy atom. The van der Waals surface area contributed by atoms with E-state index in [1.807, 2.05) is 35.2 Å². The van der Waals surface area contributed by atoms with Crippen molar-refractivity contribution in [2.24, 2.45) is 5.92 Å². The molecule has 2 amide bonds. The van der Waals surface area contributed by atoms with E-state index < -0.39 is 0 Å². The molecule has 1 N–H and O–H groups in total. The quantitative estimate of drug-likeness (QED) is 0.377. The van der Waals surface area contributed by atoms with Gasteiger partial charge in [0.1, 0.15) is 17.3 Å². The summed E-state index contributed by atoms with van der Waals surface area (Å²) in [6, 6.07) is 11.1. The van der Waals surface area contributed by atoms with E-state index >= 15 is 0 Å². The van der Waals surface area contributed by atoms with Crippen molar-refractivity contribution < 1.29 is 14.1 Å². The Morgan fingerprint density at radius 3 is 2.64 bits per heavy atom. The van der Waals surface area contributed by atoms with Gasteiger partial charge in [-0.3, -0.25) is 5.32 Å². The lowest BCUT2D eigenvalue weighted by molar-refractivity contribution is -0.0181. The SMILES string of the molecule is C[C@@H]1CC2C[C@H](OCc3c(-c4c(Cl)cccc4Cl)noc3C3CC3)CC1N2C(=O)Nc1ccccn1. The topological polar surface area (TPSA) is 80.5 Å². The number of nitrogens with one attached hydrogen (secondary N) is 1. The molecule has 3 aromatic rings. The monoisotopic (exact) mass is 526 g/mol. The molecule has 9 heteroatoms. The van der Waals surface area contributed by atoms with E-state index in [4.69, 9.17) is 32.5 Å². The highest BCUT2D eigenvalue weighted by Gasteiger charge is 2.47. The number of nitrogens with zero attached hydrogens (tertiary/aromatic N) is 3. The Bertz CT molecular complexity index is 1240. The molecule has 2 unspecified atom stereocenters. The number of aromatic nitrogens is 2. The van der Waals surface area contributed by atoms with Gasteiger partial charge in [0.05, 0.1) is 22.8 Å². The molecule has 188 valence electrons. The van der Waals surface area contributed by atoms with Crippen LogP contribution in [0.15, 0.2) is 47.1 Å². The number of ether oxygens (including phenoxy) is 1. The first kappa shape index (κ1) is 23.8. The lowest BCUT2D eigenvalue weighted by Crippen LogP contribution is -2.51. The third-order valence-corrected chi connectivity index (χ3v) is 8.28. The van der Waals surface area contributed by atoms with Crippen LogP contribution in [0.25, 0.3) is 11.3 Å². The lowest BCUT2D eigenvalue weighted by atomic mass is 9.97. The fourth-order valence-corrected chi connectivity index (χ4v) is 6.36. The molecule has 1 aliphatic carbocycles. The molecule has 2 aliphatic heterocycles. The van der Waals surface area contributed by atoms with E-state index in [-0.39, 0.29) is 24.2 Å². The highest BCUT2D eigenvalue weighted by Crippen LogP contribution is 2.47. The van der Waals surface area contributed by atoms with Gasteiger partial charge in [-0.1, -0.05) is 47.4 Å². The number of piperidine rings is 1. The fourth-order valence-electron chi connectivity index (χ4n) is 5.78. The molecule has 0 radical (unpaired) electrons. The number of carbonyl (C=O) groups is 1. The molecule has 2 aromatic heterocycles. The number of hydrogen-bond acceptors (Lipinski definition) is 5. The van der Waals surface area contributed by atoms with Gasteiger partial charge in [-0.05, 0) is 62.3 Å². The predicted octanol–water partition coefficient (Wildman–Crippen LogP) is 6.91. The van der Waals surface area contributed by atoms with Crippen LogP contribution in [-0.4, -0.2) is 39.3 Å². The Morgan fingerprint density at radius 1 is 1.14 bits per heavy atom. The molecular weight excluding hydrogens is 499 g/mol. The number of anilines is 1. The number of fused-ring (bicyclic) bond motifs is 2. The summed E-state index contributed by atoms with van der Waals surface area (Å²) in [7, 11) is 0. The van der Waals surface area contributed by atoms with E-state index in [2.05, 4.69) is 22.4 Å². The number of carbonyl (C=O) groups excluding carboxylic acids is 1. The molecule has 0 spiro atoms. The third-order valence-electron chi connectivity index (χ3n) is 7.65. The highest BCUT2D eigenvalue weighted by atomic mass is 35.5. The normalized spacial score (nSPS) is 25.2. The fraction of sp³-hybridized carbons (Fsp3) is 0.444. The maximum Gasteiger partial charge on any atom is 0.323 e. The van der Waals surface area contributed by atoms with Gasteiger partial charge in [-0.2, -0.15) is 0 Å². The molecule has 2 bridgehead atoms. The largest absolute Gasteiger partial charge is 0.373 e. The highest BCUT2D eigenvalue weighted by molar-refractivity contribution is 6.39. The van der Waals surface area contributed by atoms with Crippen LogP contribution in [0.1, 0.15) is 56.3 Å². The average Bonchev–Trinajstić information content (AvgIpc) is 3.58. The van der Waals surface area contributed by atoms with E-state index in [9.17, 15) is 4.79 Å². The Kier molecular flexibility index (Phi) is 6.40. The van der Waals surface area contributed by atoms with Gasteiger partial charge in [0.2, 0.25) is 0 Å². The van der Waals surface area contributed by atoms with Crippen molar-refractivity contribution in [2.75, 3.05) is 5.32 Å². The second-order valence-corrected chi connectivity index (χ2v) is 11.0. The number of pyridine rings is 1. The number of rotatable bonds is 6. The maximum atomic E-state index is 13.1. The Balaban J connectivity index is 1.18. The zero-order valence-electron chi connectivity index (χ0n) is 20.0. The van der Waals surface area contributed by atoms with Crippen molar-refractivity contribution in [1.82, 2.24) is 15.0 Å². The first-order valence-electron chi connectivity index (χ1n) is 12.5. The minimum absolute atomic E-state index is 0.0420. The molecular formula is C27H28Cl2N4O3. The Labute approximate surface area is 220 Å². The molecule has 2 saturated heterocycles. The van der Waals surface area contributed by atoms with Crippen molar-refractivity contribution in [3.63, 3.8) is 0 Å². The van der Waals surface area contributed by atoms with Gasteiger partial charge in [0.15, 0.2) is 0 Å². The first-order chi connectivity index (χ1) is 17.5. The molecule has 4 atom stereocenters. The molecule has 7 nitrogen and oxygen atoms in total. The maximum absolute atomic E-state index is 13.1. The summed E-state index contributed by atoms with van der Waals surface area (Å²) in [6.45, 7) is 2.60. The van der Waals surface area contributed by atoms with Gasteiger partial charge in [0, 0.05) is 35.3 Å². The summed E-state index contributed by atoms with van der Waals surface area (Å²) in [6.07, 6.45) is 6.45. The number of amides is 2. The van der Waals surface area contributed by atoms with Crippen LogP contribution in [0.5, 0.6) is 0 Å². The van der Waals surface area contributed by atoms with E-state index in [0.717, 1.165) is 43.4 Å². The van der Waals surface area contributed by atoms with E-state index in [1.165, 1.54) is 0 Å². The van der Waals surface area contributed by atoms with Crippen LogP contribution < -0.4 is 5.32 Å². The predicted molar refractivity (Wildman–Crippen MR) is 138 cm³/mol. The summed E-state index contributed by atoms with van der Waals surface area (Å²) in [4.78, 5) is 19.3. The molecule has 6 rings (SSSR count). The standard InChI is InChI=1S/C27H28Cl2N4O3/c1-15-11-17-12-18(13-22(15)33(17)27(34)31-23-7-2-3-10-30-23)35-14-19-25(32-36-26(19)16-8-9-16)24-20(28)5-4-6-21(24)29/h2-7,10,15-18,22H,8-9,11-14H2,1H3,(H,30,31,34)/t15-,17?,18+,22?/m1/s1. The van der Waals surface area contributed by atoms with Crippen LogP contribution in [0.2, 0.25) is 10.0 Å². The number of benzene rings is 1. The van der Waals surface area contributed by atoms with Gasteiger partial charge in [-0.15, -0.1) is 0 Å². The van der Waals surface area contributed by atoms with E-state index in [0.29, 0.717) is 45.6 Å². The van der Waals surface area contributed by atoms with Crippen molar-refractivity contribution in [3.8, 4) is 11.3 Å². The van der Waals surface area contributed by atoms with Crippen LogP contribution >= 0.6 is 23.2 Å². The van der Waals surface area contributed by atoms with Gasteiger partial charge >= 0.3 is 6.03 Å². The summed E-state index contributed by atoms with van der Waals surface area (Å²) in [5.41, 5.74) is 2.28. The average molecular weight is 527 g/mol. The van der Waals surface area contributed by atoms with Crippen molar-refractivity contribution >= 4 is 35.1 Å². The minimum atomic E-state index is -0.0859.